The Bertz CT molecular complexity index is 525. The predicted octanol–water partition coefficient (Wildman–Crippen LogP) is 2.50. The SMILES string of the molecule is Cl.Cn1c(CN)nnc1SC/C=C/c1ccccc1. The molecule has 2 N–H and O–H groups in total. The smallest absolute Gasteiger partial charge is 0.191 e. The van der Waals surface area contributed by atoms with Crippen LogP contribution in [0.3, 0.4) is 0 Å². The van der Waals surface area contributed by atoms with Crippen molar-refractivity contribution in [3.05, 3.63) is 47.8 Å². The van der Waals surface area contributed by atoms with E-state index in [0.717, 1.165) is 16.7 Å². The molecule has 6 heteroatoms. The van der Waals surface area contributed by atoms with Crippen LogP contribution in [0.25, 0.3) is 6.08 Å². The summed E-state index contributed by atoms with van der Waals surface area (Å²) in [6, 6.07) is 10.2. The number of nitrogens with two attached hydrogens (primary N) is 1. The maximum absolute atomic E-state index is 5.55. The maximum atomic E-state index is 5.55. The molecule has 0 spiro atoms. The highest BCUT2D eigenvalue weighted by Crippen LogP contribution is 2.15. The number of nitrogens with zero attached hydrogens (tertiary/aromatic N) is 3. The highest BCUT2D eigenvalue weighted by molar-refractivity contribution is 7.99. The zero-order valence-electron chi connectivity index (χ0n) is 10.7. The van der Waals surface area contributed by atoms with Crippen molar-refractivity contribution in [1.82, 2.24) is 14.8 Å². The molecule has 0 bridgehead atoms. The van der Waals surface area contributed by atoms with Crippen molar-refractivity contribution in [2.75, 3.05) is 5.75 Å². The monoisotopic (exact) mass is 296 g/mol. The van der Waals surface area contributed by atoms with E-state index in [9.17, 15) is 0 Å². The van der Waals surface area contributed by atoms with Crippen LogP contribution in [0.15, 0.2) is 41.6 Å². The van der Waals surface area contributed by atoms with Gasteiger partial charge in [0, 0.05) is 12.8 Å². The first-order valence-electron chi connectivity index (χ1n) is 5.74. The summed E-state index contributed by atoms with van der Waals surface area (Å²) in [6.07, 6.45) is 4.23. The van der Waals surface area contributed by atoms with Crippen molar-refractivity contribution in [2.24, 2.45) is 12.8 Å². The summed E-state index contributed by atoms with van der Waals surface area (Å²) in [6.45, 7) is 0.421. The minimum absolute atomic E-state index is 0. The number of thioether (sulfide) groups is 1. The van der Waals surface area contributed by atoms with Crippen LogP contribution in [0.2, 0.25) is 0 Å². The van der Waals surface area contributed by atoms with E-state index in [1.54, 1.807) is 11.8 Å². The van der Waals surface area contributed by atoms with Gasteiger partial charge in [0.15, 0.2) is 5.16 Å². The van der Waals surface area contributed by atoms with Crippen LogP contribution in [-0.2, 0) is 13.6 Å². The van der Waals surface area contributed by atoms with Gasteiger partial charge in [0.2, 0.25) is 0 Å². The molecule has 2 aromatic rings. The largest absolute Gasteiger partial charge is 0.324 e. The van der Waals surface area contributed by atoms with Crippen LogP contribution in [0.1, 0.15) is 11.4 Å². The Balaban J connectivity index is 0.00000180. The first-order valence-corrected chi connectivity index (χ1v) is 6.72. The zero-order valence-corrected chi connectivity index (χ0v) is 12.3. The third-order valence-electron chi connectivity index (χ3n) is 2.53. The Morgan fingerprint density at radius 2 is 2.00 bits per heavy atom. The van der Waals surface area contributed by atoms with Crippen molar-refractivity contribution in [2.45, 2.75) is 11.7 Å². The van der Waals surface area contributed by atoms with Crippen molar-refractivity contribution >= 4 is 30.2 Å². The third-order valence-corrected chi connectivity index (χ3v) is 3.50. The van der Waals surface area contributed by atoms with Crippen molar-refractivity contribution in [3.8, 4) is 0 Å². The van der Waals surface area contributed by atoms with E-state index in [2.05, 4.69) is 34.5 Å². The molecule has 0 radical (unpaired) electrons. The van der Waals surface area contributed by atoms with Gasteiger partial charge in [-0.25, -0.2) is 0 Å². The molecule has 2 rings (SSSR count). The molecule has 0 saturated heterocycles. The van der Waals surface area contributed by atoms with E-state index in [4.69, 9.17) is 5.73 Å². The molecule has 0 amide bonds. The van der Waals surface area contributed by atoms with Gasteiger partial charge in [-0.1, -0.05) is 54.2 Å². The third kappa shape index (κ3) is 4.38. The minimum Gasteiger partial charge on any atom is -0.324 e. The van der Waals surface area contributed by atoms with Gasteiger partial charge in [-0.05, 0) is 5.56 Å². The number of benzene rings is 1. The molecule has 19 heavy (non-hydrogen) atoms. The molecule has 0 aliphatic rings. The molecular weight excluding hydrogens is 280 g/mol. The Kier molecular flexibility index (Phi) is 6.62. The lowest BCUT2D eigenvalue weighted by atomic mass is 10.2. The van der Waals surface area contributed by atoms with E-state index in [-0.39, 0.29) is 12.4 Å². The molecule has 1 aromatic heterocycles. The van der Waals surface area contributed by atoms with Gasteiger partial charge in [0.05, 0.1) is 6.54 Å². The second kappa shape index (κ2) is 7.99. The van der Waals surface area contributed by atoms with Crippen LogP contribution in [0, 0.1) is 0 Å². The van der Waals surface area contributed by atoms with Gasteiger partial charge < -0.3 is 10.3 Å². The molecule has 0 fully saturated rings. The quantitative estimate of drug-likeness (QED) is 0.861. The number of rotatable bonds is 5. The van der Waals surface area contributed by atoms with E-state index in [1.165, 1.54) is 5.56 Å². The Hall–Kier alpha value is -1.30. The second-order valence-corrected chi connectivity index (χ2v) is 4.77. The molecule has 102 valence electrons. The molecule has 1 heterocycles. The standard InChI is InChI=1S/C13H16N4S.ClH/c1-17-12(10-14)15-16-13(17)18-9-5-8-11-6-3-2-4-7-11;/h2-8H,9-10,14H2,1H3;1H/b8-5+;. The number of hydrogen-bond acceptors (Lipinski definition) is 4. The summed E-state index contributed by atoms with van der Waals surface area (Å²) in [5.74, 6) is 1.68. The van der Waals surface area contributed by atoms with Crippen LogP contribution < -0.4 is 5.73 Å². The maximum Gasteiger partial charge on any atom is 0.191 e. The molecule has 1 aromatic carbocycles. The second-order valence-electron chi connectivity index (χ2n) is 3.79. The summed E-state index contributed by atoms with van der Waals surface area (Å²) < 4.78 is 1.93. The average Bonchev–Trinajstić information content (AvgIpc) is 2.77. The van der Waals surface area contributed by atoms with Crippen LogP contribution in [-0.4, -0.2) is 20.5 Å². The van der Waals surface area contributed by atoms with Gasteiger partial charge in [-0.15, -0.1) is 22.6 Å². The van der Waals surface area contributed by atoms with E-state index >= 15 is 0 Å². The first-order chi connectivity index (χ1) is 8.81. The summed E-state index contributed by atoms with van der Waals surface area (Å²) in [5, 5.41) is 9.00. The van der Waals surface area contributed by atoms with Crippen molar-refractivity contribution < 1.29 is 0 Å². The highest BCUT2D eigenvalue weighted by atomic mass is 35.5. The fourth-order valence-electron chi connectivity index (χ4n) is 1.52. The van der Waals surface area contributed by atoms with Crippen LogP contribution in [0.5, 0.6) is 0 Å². The fraction of sp³-hybridized carbons (Fsp3) is 0.231. The molecule has 0 unspecified atom stereocenters. The van der Waals surface area contributed by atoms with Crippen molar-refractivity contribution in [3.63, 3.8) is 0 Å². The van der Waals surface area contributed by atoms with Crippen LogP contribution >= 0.6 is 24.2 Å². The van der Waals surface area contributed by atoms with Gasteiger partial charge in [-0.2, -0.15) is 0 Å². The molecule has 0 saturated carbocycles. The summed E-state index contributed by atoms with van der Waals surface area (Å²) in [4.78, 5) is 0. The number of hydrogen-bond donors (Lipinski definition) is 1. The first kappa shape index (κ1) is 15.8. The zero-order chi connectivity index (χ0) is 12.8. The lowest BCUT2D eigenvalue weighted by Gasteiger charge is -1.99. The minimum atomic E-state index is 0. The Morgan fingerprint density at radius 3 is 2.63 bits per heavy atom. The Morgan fingerprint density at radius 1 is 1.26 bits per heavy atom. The fourth-order valence-corrected chi connectivity index (χ4v) is 2.26. The van der Waals surface area contributed by atoms with Crippen molar-refractivity contribution in [1.29, 1.82) is 0 Å². The summed E-state index contributed by atoms with van der Waals surface area (Å²) >= 11 is 1.65. The lowest BCUT2D eigenvalue weighted by molar-refractivity contribution is 0.735. The molecule has 4 nitrogen and oxygen atoms in total. The van der Waals surface area contributed by atoms with E-state index in [0.29, 0.717) is 6.54 Å². The summed E-state index contributed by atoms with van der Waals surface area (Å²) in [5.41, 5.74) is 6.76. The van der Waals surface area contributed by atoms with Gasteiger partial charge in [0.1, 0.15) is 5.82 Å². The molecular formula is C13H17ClN4S. The number of aromatic nitrogens is 3. The molecule has 0 aliphatic carbocycles. The lowest BCUT2D eigenvalue weighted by Crippen LogP contribution is -2.05. The molecule has 0 aliphatic heterocycles. The average molecular weight is 297 g/mol. The predicted molar refractivity (Wildman–Crippen MR) is 82.3 cm³/mol. The van der Waals surface area contributed by atoms with E-state index < -0.39 is 0 Å². The van der Waals surface area contributed by atoms with Gasteiger partial charge >= 0.3 is 0 Å². The van der Waals surface area contributed by atoms with Crippen LogP contribution in [0.4, 0.5) is 0 Å². The summed E-state index contributed by atoms with van der Waals surface area (Å²) in [7, 11) is 1.94. The molecule has 0 atom stereocenters. The normalized spacial score (nSPS) is 10.6. The highest BCUT2D eigenvalue weighted by Gasteiger charge is 2.05. The Labute approximate surface area is 123 Å². The number of halogens is 1. The topological polar surface area (TPSA) is 56.7 Å². The van der Waals surface area contributed by atoms with Gasteiger partial charge in [-0.3, -0.25) is 0 Å². The van der Waals surface area contributed by atoms with Gasteiger partial charge in [0.25, 0.3) is 0 Å². The van der Waals surface area contributed by atoms with E-state index in [1.807, 2.05) is 29.8 Å².